The van der Waals surface area contributed by atoms with E-state index < -0.39 is 6.17 Å². The van der Waals surface area contributed by atoms with Crippen LogP contribution in [0.2, 0.25) is 0 Å². The van der Waals surface area contributed by atoms with Crippen LogP contribution in [0.4, 0.5) is 4.39 Å². The monoisotopic (exact) mass is 183 g/mol. The molecule has 0 aromatic heterocycles. The normalized spacial score (nSPS) is 20.6. The Morgan fingerprint density at radius 1 is 1.31 bits per heavy atom. The molecule has 0 amide bonds. The second-order valence-corrected chi connectivity index (χ2v) is 4.71. The molecule has 2 N–H and O–H groups in total. The van der Waals surface area contributed by atoms with Gasteiger partial charge in [0.2, 0.25) is 0 Å². The van der Waals surface area contributed by atoms with Gasteiger partial charge in [-0.3, -0.25) is 0 Å². The molecular formula is C11H18FN. The summed E-state index contributed by atoms with van der Waals surface area (Å²) >= 11 is 0. The van der Waals surface area contributed by atoms with Gasteiger partial charge in [-0.15, -0.1) is 0 Å². The van der Waals surface area contributed by atoms with E-state index in [1.54, 1.807) is 0 Å². The van der Waals surface area contributed by atoms with Gasteiger partial charge in [0.15, 0.2) is 0 Å². The van der Waals surface area contributed by atoms with Crippen molar-refractivity contribution >= 4 is 0 Å². The van der Waals surface area contributed by atoms with Gasteiger partial charge in [0.1, 0.15) is 6.17 Å². The summed E-state index contributed by atoms with van der Waals surface area (Å²) in [6.45, 7) is 5.75. The largest absolute Gasteiger partial charge is 0.402 e. The Hall–Kier alpha value is -0.790. The van der Waals surface area contributed by atoms with Gasteiger partial charge in [0, 0.05) is 5.70 Å². The summed E-state index contributed by atoms with van der Waals surface area (Å²) in [6.07, 6.45) is 4.35. The van der Waals surface area contributed by atoms with Crippen molar-refractivity contribution in [2.75, 3.05) is 0 Å². The van der Waals surface area contributed by atoms with Crippen LogP contribution in [0, 0.1) is 5.41 Å². The minimum Gasteiger partial charge on any atom is -0.402 e. The quantitative estimate of drug-likeness (QED) is 0.664. The number of hydrogen-bond acceptors (Lipinski definition) is 1. The molecular weight excluding hydrogens is 165 g/mol. The van der Waals surface area contributed by atoms with Gasteiger partial charge in [-0.25, -0.2) is 4.39 Å². The topological polar surface area (TPSA) is 26.0 Å². The van der Waals surface area contributed by atoms with Crippen LogP contribution < -0.4 is 5.73 Å². The smallest absolute Gasteiger partial charge is 0.126 e. The SMILES string of the molecule is CC(C)(C)C(F)C1=CC=C(N)CC1. The van der Waals surface area contributed by atoms with Crippen molar-refractivity contribution in [3.05, 3.63) is 23.4 Å². The number of allylic oxidation sites excluding steroid dienone is 4. The minimum atomic E-state index is -0.850. The second-order valence-electron chi connectivity index (χ2n) is 4.71. The van der Waals surface area contributed by atoms with Crippen molar-refractivity contribution in [3.63, 3.8) is 0 Å². The molecule has 0 radical (unpaired) electrons. The maximum absolute atomic E-state index is 13.8. The number of hydrogen-bond donors (Lipinski definition) is 1. The maximum Gasteiger partial charge on any atom is 0.126 e. The fraction of sp³-hybridized carbons (Fsp3) is 0.636. The standard InChI is InChI=1S/C11H18FN/c1-11(2,3)10(12)8-4-6-9(13)7-5-8/h4,6,10H,5,7,13H2,1-3H3. The lowest BCUT2D eigenvalue weighted by atomic mass is 9.83. The molecule has 0 saturated heterocycles. The van der Waals surface area contributed by atoms with E-state index in [0.717, 1.165) is 24.1 Å². The third-order valence-electron chi connectivity index (χ3n) is 2.30. The molecule has 1 atom stereocenters. The first-order valence-electron chi connectivity index (χ1n) is 4.70. The zero-order valence-corrected chi connectivity index (χ0v) is 8.60. The van der Waals surface area contributed by atoms with Crippen LogP contribution in [-0.2, 0) is 0 Å². The highest BCUT2D eigenvalue weighted by Gasteiger charge is 2.27. The van der Waals surface area contributed by atoms with Crippen molar-refractivity contribution < 1.29 is 4.39 Å². The molecule has 2 heteroatoms. The lowest BCUT2D eigenvalue weighted by molar-refractivity contribution is 0.193. The molecule has 1 aliphatic rings. The molecule has 0 aromatic carbocycles. The fourth-order valence-electron chi connectivity index (χ4n) is 1.44. The van der Waals surface area contributed by atoms with E-state index >= 15 is 0 Å². The number of halogens is 1. The van der Waals surface area contributed by atoms with Crippen LogP contribution in [0.25, 0.3) is 0 Å². The lowest BCUT2D eigenvalue weighted by Gasteiger charge is -2.27. The zero-order valence-electron chi connectivity index (χ0n) is 8.60. The Morgan fingerprint density at radius 2 is 1.92 bits per heavy atom. The van der Waals surface area contributed by atoms with Gasteiger partial charge >= 0.3 is 0 Å². The van der Waals surface area contributed by atoms with E-state index in [1.165, 1.54) is 0 Å². The Balaban J connectivity index is 2.74. The Kier molecular flexibility index (Phi) is 2.79. The minimum absolute atomic E-state index is 0.300. The van der Waals surface area contributed by atoms with Crippen molar-refractivity contribution in [1.29, 1.82) is 0 Å². The summed E-state index contributed by atoms with van der Waals surface area (Å²) in [7, 11) is 0. The van der Waals surface area contributed by atoms with Crippen molar-refractivity contribution in [1.82, 2.24) is 0 Å². The van der Waals surface area contributed by atoms with Crippen LogP contribution in [0.15, 0.2) is 23.4 Å². The molecule has 0 spiro atoms. The van der Waals surface area contributed by atoms with Crippen molar-refractivity contribution in [3.8, 4) is 0 Å². The molecule has 0 aliphatic heterocycles. The molecule has 74 valence electrons. The summed E-state index contributed by atoms with van der Waals surface area (Å²) in [6, 6.07) is 0. The summed E-state index contributed by atoms with van der Waals surface area (Å²) in [5, 5.41) is 0. The van der Waals surface area contributed by atoms with Crippen molar-refractivity contribution in [2.45, 2.75) is 39.8 Å². The summed E-state index contributed by atoms with van der Waals surface area (Å²) in [4.78, 5) is 0. The van der Waals surface area contributed by atoms with Gasteiger partial charge in [-0.2, -0.15) is 0 Å². The highest BCUT2D eigenvalue weighted by Crippen LogP contribution is 2.32. The third-order valence-corrected chi connectivity index (χ3v) is 2.30. The van der Waals surface area contributed by atoms with E-state index in [0.29, 0.717) is 0 Å². The highest BCUT2D eigenvalue weighted by molar-refractivity contribution is 5.25. The first-order chi connectivity index (χ1) is 5.91. The zero-order chi connectivity index (χ0) is 10.1. The molecule has 1 aliphatic carbocycles. The van der Waals surface area contributed by atoms with E-state index in [9.17, 15) is 4.39 Å². The van der Waals surface area contributed by atoms with Gasteiger partial charge in [-0.1, -0.05) is 26.8 Å². The number of alkyl halides is 1. The van der Waals surface area contributed by atoms with E-state index in [-0.39, 0.29) is 5.41 Å². The average Bonchev–Trinajstić information content (AvgIpc) is 2.03. The number of nitrogens with two attached hydrogens (primary N) is 1. The Morgan fingerprint density at radius 3 is 2.31 bits per heavy atom. The molecule has 0 fully saturated rings. The van der Waals surface area contributed by atoms with E-state index in [1.807, 2.05) is 32.9 Å². The Labute approximate surface area is 79.5 Å². The lowest BCUT2D eigenvalue weighted by Crippen LogP contribution is -2.24. The Bertz CT molecular complexity index is 245. The van der Waals surface area contributed by atoms with Crippen LogP contribution in [-0.4, -0.2) is 6.17 Å². The second kappa shape index (κ2) is 3.52. The summed E-state index contributed by atoms with van der Waals surface area (Å²) < 4.78 is 13.8. The molecule has 0 heterocycles. The van der Waals surface area contributed by atoms with Crippen LogP contribution in [0.3, 0.4) is 0 Å². The molecule has 1 nitrogen and oxygen atoms in total. The predicted octanol–water partition coefficient (Wildman–Crippen LogP) is 2.93. The molecule has 0 saturated carbocycles. The third kappa shape index (κ3) is 2.58. The molecule has 0 aromatic rings. The van der Waals surface area contributed by atoms with Gasteiger partial charge < -0.3 is 5.73 Å². The van der Waals surface area contributed by atoms with E-state index in [2.05, 4.69) is 0 Å². The van der Waals surface area contributed by atoms with Gasteiger partial charge in [-0.05, 0) is 29.9 Å². The summed E-state index contributed by atoms with van der Waals surface area (Å²) in [5.41, 5.74) is 7.03. The van der Waals surface area contributed by atoms with Gasteiger partial charge in [0.25, 0.3) is 0 Å². The fourth-order valence-corrected chi connectivity index (χ4v) is 1.44. The highest BCUT2D eigenvalue weighted by atomic mass is 19.1. The number of rotatable bonds is 1. The molecule has 1 unspecified atom stereocenters. The molecule has 1 rings (SSSR count). The van der Waals surface area contributed by atoms with Gasteiger partial charge in [0.05, 0.1) is 0 Å². The first-order valence-corrected chi connectivity index (χ1v) is 4.70. The van der Waals surface area contributed by atoms with Crippen molar-refractivity contribution in [2.24, 2.45) is 11.1 Å². The first kappa shape index (κ1) is 10.3. The summed E-state index contributed by atoms with van der Waals surface area (Å²) in [5.74, 6) is 0. The van der Waals surface area contributed by atoms with Crippen LogP contribution in [0.5, 0.6) is 0 Å². The average molecular weight is 183 g/mol. The van der Waals surface area contributed by atoms with E-state index in [4.69, 9.17) is 5.73 Å². The van der Waals surface area contributed by atoms with Crippen LogP contribution in [0.1, 0.15) is 33.6 Å². The van der Waals surface area contributed by atoms with Crippen LogP contribution >= 0.6 is 0 Å². The molecule has 13 heavy (non-hydrogen) atoms. The predicted molar refractivity (Wildman–Crippen MR) is 53.9 cm³/mol. The molecule has 0 bridgehead atoms. The maximum atomic E-state index is 13.8.